The van der Waals surface area contributed by atoms with Crippen LogP contribution in [0.1, 0.15) is 296 Å². The summed E-state index contributed by atoms with van der Waals surface area (Å²) in [5.74, 6) is 10.5. The Kier molecular flexibility index (Phi) is 22.5. The number of carbonyl (C=O) groups excluding carboxylic acids is 3. The number of aromatic nitrogens is 4. The van der Waals surface area contributed by atoms with Crippen LogP contribution in [-0.2, 0) is 24.4 Å². The Morgan fingerprint density at radius 1 is 0.328 bits per heavy atom. The van der Waals surface area contributed by atoms with Gasteiger partial charge in [0.1, 0.15) is 0 Å². The van der Waals surface area contributed by atoms with Crippen LogP contribution >= 0.6 is 0 Å². The van der Waals surface area contributed by atoms with E-state index in [-0.39, 0.29) is 22.8 Å². The van der Waals surface area contributed by atoms with E-state index in [4.69, 9.17) is 0 Å². The molecule has 4 heterocycles. The van der Waals surface area contributed by atoms with Crippen molar-refractivity contribution >= 4 is 50.0 Å². The normalized spacial score (nSPS) is 40.9. The molecule has 22 rings (SSSR count). The summed E-state index contributed by atoms with van der Waals surface area (Å²) >= 11 is 0. The maximum atomic E-state index is 12.5. The molecule has 4 N–H and O–H groups in total. The van der Waals surface area contributed by atoms with E-state index in [1.54, 1.807) is 40.4 Å². The lowest BCUT2D eigenvalue weighted by molar-refractivity contribution is -0.128. The Morgan fingerprint density at radius 3 is 0.852 bits per heavy atom. The summed E-state index contributed by atoms with van der Waals surface area (Å²) in [7, 11) is -3.15. The molecular weight excluding hydrogens is 1520 g/mol. The van der Waals surface area contributed by atoms with Crippen molar-refractivity contribution in [1.82, 2.24) is 40.6 Å². The zero-order chi connectivity index (χ0) is 84.5. The van der Waals surface area contributed by atoms with Gasteiger partial charge in [-0.2, -0.15) is 0 Å². The topological polar surface area (TPSA) is 185 Å². The molecule has 650 valence electrons. The van der Waals surface area contributed by atoms with Crippen LogP contribution in [0.4, 0.5) is 0 Å². The Morgan fingerprint density at radius 2 is 0.598 bits per heavy atom. The number of amides is 3. The molecule has 0 aromatic carbocycles. The van der Waals surface area contributed by atoms with E-state index in [0.29, 0.717) is 80.2 Å². The van der Waals surface area contributed by atoms with Crippen molar-refractivity contribution in [2.24, 2.45) is 126 Å². The van der Waals surface area contributed by atoms with Crippen molar-refractivity contribution in [3.63, 3.8) is 0 Å². The molecule has 18 aliphatic rings. The second kappa shape index (κ2) is 32.6. The van der Waals surface area contributed by atoms with Crippen LogP contribution in [-0.4, -0.2) is 76.5 Å². The first-order valence-corrected chi connectivity index (χ1v) is 50.6. The predicted octanol–water partition coefficient (Wildman–Crippen LogP) is 22.8. The molecule has 14 heteroatoms. The van der Waals surface area contributed by atoms with Gasteiger partial charge in [0.05, 0.1) is 6.26 Å². The lowest BCUT2D eigenvalue weighted by atomic mass is 9.47. The van der Waals surface area contributed by atoms with Crippen molar-refractivity contribution in [2.75, 3.05) is 6.26 Å². The van der Waals surface area contributed by atoms with E-state index in [0.717, 1.165) is 155 Å². The number of rotatable bonds is 11. The average molecular weight is 1660 g/mol. The Bertz CT molecular complexity index is 5020. The molecular formula is C108H142N8O5S. The van der Waals surface area contributed by atoms with Crippen LogP contribution in [0.2, 0.25) is 0 Å². The molecule has 4 aromatic heterocycles. The summed E-state index contributed by atoms with van der Waals surface area (Å²) in [4.78, 5) is 54.0. The zero-order valence-electron chi connectivity index (χ0n) is 75.3. The highest BCUT2D eigenvalue weighted by atomic mass is 32.2. The van der Waals surface area contributed by atoms with E-state index in [1.165, 1.54) is 162 Å². The number of fused-ring (bicyclic) bond motifs is 20. The van der Waals surface area contributed by atoms with Gasteiger partial charge >= 0.3 is 0 Å². The first kappa shape index (κ1) is 84.3. The minimum Gasteiger partial charge on any atom is -0.353 e. The van der Waals surface area contributed by atoms with Gasteiger partial charge in [0.25, 0.3) is 0 Å². The lowest BCUT2D eigenvalue weighted by Crippen LogP contribution is -2.52. The van der Waals surface area contributed by atoms with Gasteiger partial charge in [-0.1, -0.05) is 157 Å². The fraction of sp³-hybridized carbons (Fsp3) is 0.639. The lowest BCUT2D eigenvalue weighted by Gasteiger charge is -2.58. The molecule has 24 atom stereocenters. The number of nitrogens with zero attached hydrogens (tertiary/aromatic N) is 4. The van der Waals surface area contributed by atoms with Gasteiger partial charge in [0.15, 0.2) is 0 Å². The number of sulfonamides is 1. The summed E-state index contributed by atoms with van der Waals surface area (Å²) in [6.07, 6.45) is 76.3. The predicted molar refractivity (Wildman–Crippen MR) is 490 cm³/mol. The number of pyridine rings is 4. The van der Waals surface area contributed by atoms with Crippen molar-refractivity contribution in [3.8, 4) is 0 Å². The van der Waals surface area contributed by atoms with Crippen molar-refractivity contribution in [1.29, 1.82) is 0 Å². The van der Waals surface area contributed by atoms with Crippen LogP contribution in [0.3, 0.4) is 0 Å². The average Bonchev–Trinajstić information content (AvgIpc) is 1.44. The number of carbonyl (C=O) groups is 3. The smallest absolute Gasteiger partial charge is 0.223 e. The summed E-state index contributed by atoms with van der Waals surface area (Å²) in [6.45, 7) is 21.9. The summed E-state index contributed by atoms with van der Waals surface area (Å²) in [6, 6.07) is 18.4. The summed E-state index contributed by atoms with van der Waals surface area (Å²) < 4.78 is 26.3. The van der Waals surface area contributed by atoms with Gasteiger partial charge in [-0.15, -0.1) is 0 Å². The van der Waals surface area contributed by atoms with Gasteiger partial charge in [0.2, 0.25) is 27.7 Å². The molecule has 10 fully saturated rings. The maximum absolute atomic E-state index is 12.5. The van der Waals surface area contributed by atoms with Gasteiger partial charge in [-0.3, -0.25) is 34.3 Å². The molecule has 0 bridgehead atoms. The van der Waals surface area contributed by atoms with Gasteiger partial charge in [-0.25, -0.2) is 13.1 Å². The Hall–Kier alpha value is -7.16. The van der Waals surface area contributed by atoms with Crippen molar-refractivity contribution in [3.05, 3.63) is 191 Å². The molecule has 3 amide bonds. The monoisotopic (exact) mass is 1660 g/mol. The molecule has 0 radical (unpaired) electrons. The standard InChI is InChI=1S/C29H38N2O.C28H36N2O.C26H34N2O.C25H34N2O2S/c1-28-14-12-22(31-27(32)19-5-3-6-19)17-21(28)8-9-23-25-11-10-24(20-7-4-16-30-18-20)29(25,2)15-13-26(23)28;1-27-13-11-21(30-26(31)18-5-6-18)16-20(27)7-8-22-24-10-9-23(19-4-3-15-29-17-19)28(24,2)14-12-25(22)27;1-17(29)28-20-10-12-25(2)19(15-20)6-7-21-23-9-8-22(18-5-4-14-27-16-18)26(23,3)13-11-24(21)25;1-24-12-10-19(27-30(3,28)29)15-18(24)6-7-20-22-9-8-21(17-5-4-14-26-16-17)25(22,2)13-11-23(20)24/h4,7-8,10,16,18-19,22-23,25-26H,3,5-6,9,11-15,17H2,1-2H3,(H,31,32);3-4,7,9,15,17-18,21-22,24-25H,5-6,8,10-14,16H2,1-2H3,(H,30,31);4-6,8,14,16,20-21,23-24H,7,9-13,15H2,1-3H3,(H,28,29);4-6,8,14,16,19-20,22-23,27H,7,9-13,15H2,1-3H3/t22-,23+,25+,26+,28+,29-;21-,22+,24+,25+,27+,28-;20-,21+,23+,24+,25+,26-;19-,20+,22+,23+,24+,25-/m1111/s1. The summed E-state index contributed by atoms with van der Waals surface area (Å²) in [5, 5.41) is 9.97. The third-order valence-corrected chi connectivity index (χ3v) is 39.3. The number of hydrogen-bond donors (Lipinski definition) is 4. The van der Waals surface area contributed by atoms with E-state index >= 15 is 0 Å². The Labute approximate surface area is 730 Å². The van der Waals surface area contributed by atoms with Crippen LogP contribution in [0, 0.1) is 126 Å². The van der Waals surface area contributed by atoms with Crippen LogP contribution < -0.4 is 20.7 Å². The third kappa shape index (κ3) is 15.0. The van der Waals surface area contributed by atoms with Crippen LogP contribution in [0.25, 0.3) is 22.3 Å². The minimum absolute atomic E-state index is 0.0649. The van der Waals surface area contributed by atoms with E-state index in [2.05, 4.69) is 212 Å². The van der Waals surface area contributed by atoms with E-state index in [1.807, 2.05) is 31.0 Å². The van der Waals surface area contributed by atoms with Gasteiger partial charge in [0, 0.05) is 92.5 Å². The number of hydrogen-bond acceptors (Lipinski definition) is 9. The van der Waals surface area contributed by atoms with E-state index < -0.39 is 10.0 Å². The number of nitrogens with one attached hydrogen (secondary N) is 4. The largest absolute Gasteiger partial charge is 0.353 e. The second-order valence-corrected chi connectivity index (χ2v) is 46.3. The molecule has 0 saturated heterocycles. The Balaban J connectivity index is 0.000000107. The first-order valence-electron chi connectivity index (χ1n) is 48.7. The van der Waals surface area contributed by atoms with E-state index in [9.17, 15) is 22.8 Å². The molecule has 122 heavy (non-hydrogen) atoms. The molecule has 4 aromatic rings. The SMILES string of the molecule is CC(=O)N[C@@H]1CC[C@@]2(C)C(=CC[C@@H]3[C@@H]2CC[C@]2(C)C(c4cccnc4)=CC[C@@H]32)C1.C[C@]12CC[C@@H](NC(=O)C3CC3)CC1=CC[C@@H]1[C@@H]2CC[C@]2(C)C(c3cccnc3)=CC[C@@H]12.C[C@]12CC[C@@H](NC(=O)C3CCC3)CC1=CC[C@@H]1[C@@H]2CC[C@]2(C)C(c3cccnc3)=CC[C@@H]12.C[C@]12CC[C@@H](NS(C)(=O)=O)CC1=CC[C@@H]1[C@@H]2CC[C@]2(C)C(c3cccnc3)=CC[C@@H]12. The molecule has 13 nitrogen and oxygen atoms in total. The minimum atomic E-state index is -3.15. The van der Waals surface area contributed by atoms with Gasteiger partial charge < -0.3 is 16.0 Å². The quantitative estimate of drug-likeness (QED) is 0.106. The number of allylic oxidation sites excluding steroid dienone is 12. The highest BCUT2D eigenvalue weighted by Crippen LogP contribution is 2.72. The second-order valence-electron chi connectivity index (χ2n) is 44.5. The maximum Gasteiger partial charge on any atom is 0.223 e. The molecule has 0 aliphatic heterocycles. The van der Waals surface area contributed by atoms with Gasteiger partial charge in [-0.05, 0) is 389 Å². The van der Waals surface area contributed by atoms with Crippen LogP contribution in [0.15, 0.2) is 169 Å². The molecule has 0 spiro atoms. The highest BCUT2D eigenvalue weighted by Gasteiger charge is 2.63. The van der Waals surface area contributed by atoms with Crippen LogP contribution in [0.5, 0.6) is 0 Å². The van der Waals surface area contributed by atoms with Crippen molar-refractivity contribution in [2.45, 2.75) is 298 Å². The third-order valence-electron chi connectivity index (χ3n) is 38.5. The zero-order valence-corrected chi connectivity index (χ0v) is 76.1. The molecule has 18 aliphatic carbocycles. The highest BCUT2D eigenvalue weighted by molar-refractivity contribution is 7.88. The fourth-order valence-corrected chi connectivity index (χ4v) is 32.3. The molecule has 0 unspecified atom stereocenters. The van der Waals surface area contributed by atoms with Crippen molar-refractivity contribution < 1.29 is 22.8 Å². The molecule has 10 saturated carbocycles. The first-order chi connectivity index (χ1) is 58.6. The fourth-order valence-electron chi connectivity index (χ4n) is 31.5. The summed E-state index contributed by atoms with van der Waals surface area (Å²) in [5.41, 5.74) is 20.3.